The van der Waals surface area contributed by atoms with Gasteiger partial charge in [0.2, 0.25) is 0 Å². The number of hydrogen-bond acceptors (Lipinski definition) is 7. The molecule has 0 bridgehead atoms. The van der Waals surface area contributed by atoms with E-state index in [1.165, 1.54) is 0 Å². The van der Waals surface area contributed by atoms with Crippen molar-refractivity contribution in [2.45, 2.75) is 50.6 Å². The van der Waals surface area contributed by atoms with Gasteiger partial charge < -0.3 is 18.9 Å². The second-order valence-electron chi connectivity index (χ2n) is 8.55. The number of nitrogens with zero attached hydrogens (tertiary/aromatic N) is 1. The zero-order valence-electron chi connectivity index (χ0n) is 19.9. The van der Waals surface area contributed by atoms with Crippen LogP contribution < -0.4 is 11.2 Å². The van der Waals surface area contributed by atoms with Crippen molar-refractivity contribution in [3.63, 3.8) is 0 Å². The summed E-state index contributed by atoms with van der Waals surface area (Å²) in [4.78, 5) is 38.2. The van der Waals surface area contributed by atoms with E-state index >= 15 is 0 Å². The zero-order chi connectivity index (χ0) is 26.4. The van der Waals surface area contributed by atoms with E-state index in [0.29, 0.717) is 5.56 Å². The molecule has 2 heterocycles. The minimum Gasteiger partial charge on any atom is -0.455 e. The van der Waals surface area contributed by atoms with E-state index in [4.69, 9.17) is 18.9 Å². The van der Waals surface area contributed by atoms with Crippen LogP contribution in [0.25, 0.3) is 0 Å². The molecule has 0 unspecified atom stereocenters. The Hall–Kier alpha value is -3.67. The Labute approximate surface area is 210 Å². The van der Waals surface area contributed by atoms with E-state index in [1.54, 1.807) is 54.6 Å². The minimum atomic E-state index is -3.16. The van der Waals surface area contributed by atoms with Crippen molar-refractivity contribution in [2.24, 2.45) is 0 Å². The molecule has 2 aromatic carbocycles. The number of carbonyl (C=O) groups excluding carboxylic acids is 1. The van der Waals surface area contributed by atoms with Crippen LogP contribution in [0.5, 0.6) is 0 Å². The third kappa shape index (κ3) is 6.01. The summed E-state index contributed by atoms with van der Waals surface area (Å²) in [5, 5.41) is 0. The van der Waals surface area contributed by atoms with Crippen molar-refractivity contribution in [1.82, 2.24) is 9.55 Å². The molecule has 1 aliphatic rings. The molecule has 37 heavy (non-hydrogen) atoms. The lowest BCUT2D eigenvalue weighted by atomic mass is 9.95. The maximum absolute atomic E-state index is 14.9. The van der Waals surface area contributed by atoms with E-state index in [1.807, 2.05) is 6.07 Å². The first kappa shape index (κ1) is 26.4. The highest BCUT2D eigenvalue weighted by atomic mass is 19.3. The first-order valence-corrected chi connectivity index (χ1v) is 11.5. The maximum atomic E-state index is 14.9. The molecule has 1 fully saturated rings. The van der Waals surface area contributed by atoms with Crippen molar-refractivity contribution >= 4 is 5.97 Å². The fourth-order valence-corrected chi connectivity index (χ4v) is 4.19. The Bertz CT molecular complexity index is 1300. The summed E-state index contributed by atoms with van der Waals surface area (Å²) in [6.45, 7) is 0.374. The highest BCUT2D eigenvalue weighted by Gasteiger charge is 2.63. The summed E-state index contributed by atoms with van der Waals surface area (Å²) in [6.07, 6.45) is -6.59. The second kappa shape index (κ2) is 11.6. The van der Waals surface area contributed by atoms with Crippen molar-refractivity contribution in [3.8, 4) is 0 Å². The van der Waals surface area contributed by atoms with Gasteiger partial charge in [-0.15, -0.1) is 0 Å². The molecular weight excluding hydrogens is 490 g/mol. The summed E-state index contributed by atoms with van der Waals surface area (Å²) in [6, 6.07) is 18.8. The normalized spacial score (nSPS) is 23.3. The van der Waals surface area contributed by atoms with Gasteiger partial charge in [-0.05, 0) is 11.1 Å². The SMILES string of the molecule is CC(=O)O[C@H]1[C@H](n2ccc(=O)[nH]c2=O)O[C@@](COCc2ccccc2)(C(F)F)[C@H]1OCc1ccccc1. The number of aromatic amines is 1. The minimum absolute atomic E-state index is 0.00553. The van der Waals surface area contributed by atoms with E-state index in [-0.39, 0.29) is 13.2 Å². The average molecular weight is 516 g/mol. The van der Waals surface area contributed by atoms with Gasteiger partial charge in [-0.1, -0.05) is 60.7 Å². The van der Waals surface area contributed by atoms with Crippen LogP contribution in [-0.4, -0.2) is 46.4 Å². The fraction of sp³-hybridized carbons (Fsp3) is 0.346. The van der Waals surface area contributed by atoms with Crippen LogP contribution in [0.1, 0.15) is 24.3 Å². The molecule has 3 aromatic rings. The maximum Gasteiger partial charge on any atom is 0.330 e. The molecule has 1 saturated heterocycles. The summed E-state index contributed by atoms with van der Waals surface area (Å²) >= 11 is 0. The molecular formula is C26H26F2N2O7. The van der Waals surface area contributed by atoms with Crippen LogP contribution in [0, 0.1) is 0 Å². The molecule has 0 amide bonds. The number of carbonyl (C=O) groups is 1. The largest absolute Gasteiger partial charge is 0.455 e. The number of hydrogen-bond donors (Lipinski definition) is 1. The van der Waals surface area contributed by atoms with E-state index in [9.17, 15) is 23.2 Å². The van der Waals surface area contributed by atoms with E-state index in [2.05, 4.69) is 4.98 Å². The fourth-order valence-electron chi connectivity index (χ4n) is 4.19. The summed E-state index contributed by atoms with van der Waals surface area (Å²) in [7, 11) is 0. The molecule has 4 rings (SSSR count). The number of halogens is 2. The number of nitrogens with one attached hydrogen (secondary N) is 1. The number of esters is 1. The lowest BCUT2D eigenvalue weighted by molar-refractivity contribution is -0.215. The first-order chi connectivity index (χ1) is 17.8. The molecule has 0 radical (unpaired) electrons. The van der Waals surface area contributed by atoms with E-state index < -0.39 is 54.3 Å². The number of benzene rings is 2. The van der Waals surface area contributed by atoms with Crippen molar-refractivity contribution in [3.05, 3.63) is 105 Å². The van der Waals surface area contributed by atoms with E-state index in [0.717, 1.165) is 29.3 Å². The van der Waals surface area contributed by atoms with Gasteiger partial charge >= 0.3 is 11.7 Å². The second-order valence-corrected chi connectivity index (χ2v) is 8.55. The summed E-state index contributed by atoms with van der Waals surface area (Å²) < 4.78 is 53.5. The van der Waals surface area contributed by atoms with Crippen molar-refractivity contribution < 1.29 is 32.5 Å². The van der Waals surface area contributed by atoms with Gasteiger partial charge in [-0.2, -0.15) is 0 Å². The van der Waals surface area contributed by atoms with Gasteiger partial charge in [-0.25, -0.2) is 13.6 Å². The van der Waals surface area contributed by atoms with Crippen LogP contribution in [0.2, 0.25) is 0 Å². The van der Waals surface area contributed by atoms with Gasteiger partial charge in [0, 0.05) is 19.2 Å². The average Bonchev–Trinajstić information content (AvgIpc) is 3.17. The Kier molecular flexibility index (Phi) is 8.27. The quantitative estimate of drug-likeness (QED) is 0.413. The number of ether oxygens (including phenoxy) is 4. The first-order valence-electron chi connectivity index (χ1n) is 11.5. The number of aromatic nitrogens is 2. The highest BCUT2D eigenvalue weighted by Crippen LogP contribution is 2.44. The molecule has 0 saturated carbocycles. The highest BCUT2D eigenvalue weighted by molar-refractivity contribution is 5.66. The zero-order valence-corrected chi connectivity index (χ0v) is 19.9. The number of rotatable bonds is 10. The molecule has 1 N–H and O–H groups in total. The Morgan fingerprint density at radius 1 is 1.03 bits per heavy atom. The van der Waals surface area contributed by atoms with Gasteiger partial charge in [0.15, 0.2) is 17.9 Å². The molecule has 11 heteroatoms. The third-order valence-electron chi connectivity index (χ3n) is 5.91. The number of alkyl halides is 2. The smallest absolute Gasteiger partial charge is 0.330 e. The van der Waals surface area contributed by atoms with Crippen LogP contribution in [0.15, 0.2) is 82.5 Å². The molecule has 1 aliphatic heterocycles. The molecule has 196 valence electrons. The molecule has 9 nitrogen and oxygen atoms in total. The van der Waals surface area contributed by atoms with Crippen LogP contribution >= 0.6 is 0 Å². The van der Waals surface area contributed by atoms with Gasteiger partial charge in [0.1, 0.15) is 6.10 Å². The van der Waals surface area contributed by atoms with Crippen LogP contribution in [0.3, 0.4) is 0 Å². The molecule has 0 spiro atoms. The standard InChI is InChI=1S/C26H26F2N2O7/c1-17(31)36-21-22(35-15-19-10-6-3-7-11-19)26(24(27)28,16-34-14-18-8-4-2-5-9-18)37-23(21)30-13-12-20(32)29-25(30)33/h2-13,21-24H,14-16H2,1H3,(H,29,32,33)/t21-,22+,23-,26-/m1/s1. The van der Waals surface area contributed by atoms with Gasteiger partial charge in [0.05, 0.1) is 19.8 Å². The summed E-state index contributed by atoms with van der Waals surface area (Å²) in [5.74, 6) is -0.792. The third-order valence-corrected chi connectivity index (χ3v) is 5.91. The topological polar surface area (TPSA) is 109 Å². The Morgan fingerprint density at radius 2 is 1.65 bits per heavy atom. The van der Waals surface area contributed by atoms with Crippen molar-refractivity contribution in [2.75, 3.05) is 6.61 Å². The van der Waals surface area contributed by atoms with Crippen LogP contribution in [0.4, 0.5) is 8.78 Å². The Morgan fingerprint density at radius 3 is 2.22 bits per heavy atom. The number of H-pyrrole nitrogens is 1. The van der Waals surface area contributed by atoms with Crippen LogP contribution in [-0.2, 0) is 37.0 Å². The van der Waals surface area contributed by atoms with Gasteiger partial charge in [-0.3, -0.25) is 19.1 Å². The predicted molar refractivity (Wildman–Crippen MR) is 127 cm³/mol. The van der Waals surface area contributed by atoms with Crippen molar-refractivity contribution in [1.29, 1.82) is 0 Å². The summed E-state index contributed by atoms with van der Waals surface area (Å²) in [5.41, 5.74) is -2.60. The monoisotopic (exact) mass is 516 g/mol. The predicted octanol–water partition coefficient (Wildman–Crippen LogP) is 2.80. The molecule has 4 atom stereocenters. The molecule has 1 aromatic heterocycles. The Balaban J connectivity index is 1.72. The molecule has 0 aliphatic carbocycles. The lowest BCUT2D eigenvalue weighted by Crippen LogP contribution is -2.54. The van der Waals surface area contributed by atoms with Gasteiger partial charge in [0.25, 0.3) is 12.0 Å². The lowest BCUT2D eigenvalue weighted by Gasteiger charge is -2.33.